The summed E-state index contributed by atoms with van der Waals surface area (Å²) in [5.41, 5.74) is 0.586. The Morgan fingerprint density at radius 2 is 1.92 bits per heavy atom. The molecule has 7 nitrogen and oxygen atoms in total. The number of hydrogen-bond acceptors (Lipinski definition) is 5. The van der Waals surface area contributed by atoms with Crippen LogP contribution in [-0.2, 0) is 13.2 Å². The van der Waals surface area contributed by atoms with Gasteiger partial charge in [-0.3, -0.25) is 9.48 Å². The largest absolute Gasteiger partial charge is 0.492 e. The SMILES string of the molecule is CN1CCC(NCCOc2ccc(NC(=O)c3cccc(C(F)(F)F)c3)cc2-c2c(Cl)cnn2C)CC1. The highest BCUT2D eigenvalue weighted by Crippen LogP contribution is 2.37. The van der Waals surface area contributed by atoms with Gasteiger partial charge in [0.2, 0.25) is 0 Å². The Kier molecular flexibility index (Phi) is 8.41. The van der Waals surface area contributed by atoms with Gasteiger partial charge in [-0.05, 0) is 69.4 Å². The van der Waals surface area contributed by atoms with Gasteiger partial charge < -0.3 is 20.3 Å². The fraction of sp³-hybridized carbons (Fsp3) is 0.385. The van der Waals surface area contributed by atoms with Crippen LogP contribution in [0.3, 0.4) is 0 Å². The van der Waals surface area contributed by atoms with Gasteiger partial charge in [0, 0.05) is 36.4 Å². The topological polar surface area (TPSA) is 71.4 Å². The lowest BCUT2D eigenvalue weighted by Crippen LogP contribution is -2.42. The van der Waals surface area contributed by atoms with Gasteiger partial charge in [-0.2, -0.15) is 18.3 Å². The summed E-state index contributed by atoms with van der Waals surface area (Å²) in [6, 6.07) is 9.76. The molecule has 0 atom stereocenters. The summed E-state index contributed by atoms with van der Waals surface area (Å²) in [6.45, 7) is 3.22. The third kappa shape index (κ3) is 6.82. The first-order valence-corrected chi connectivity index (χ1v) is 12.3. The van der Waals surface area contributed by atoms with E-state index in [0.717, 1.165) is 38.1 Å². The predicted molar refractivity (Wildman–Crippen MR) is 137 cm³/mol. The van der Waals surface area contributed by atoms with Crippen LogP contribution in [0.2, 0.25) is 5.02 Å². The molecule has 0 spiro atoms. The van der Waals surface area contributed by atoms with Crippen molar-refractivity contribution in [2.24, 2.45) is 7.05 Å². The minimum atomic E-state index is -4.54. The molecule has 1 fully saturated rings. The predicted octanol–water partition coefficient (Wildman–Crippen LogP) is 5.07. The minimum Gasteiger partial charge on any atom is -0.492 e. The van der Waals surface area contributed by atoms with E-state index in [1.54, 1.807) is 29.9 Å². The number of anilines is 1. The number of halogens is 4. The van der Waals surface area contributed by atoms with E-state index in [9.17, 15) is 18.0 Å². The molecule has 3 aromatic rings. The van der Waals surface area contributed by atoms with Crippen molar-refractivity contribution in [3.63, 3.8) is 0 Å². The summed E-state index contributed by atoms with van der Waals surface area (Å²) < 4.78 is 46.9. The van der Waals surface area contributed by atoms with Crippen molar-refractivity contribution in [2.45, 2.75) is 25.1 Å². The van der Waals surface area contributed by atoms with E-state index in [1.807, 2.05) is 0 Å². The molecule has 0 aliphatic carbocycles. The van der Waals surface area contributed by atoms with Crippen LogP contribution in [0.15, 0.2) is 48.7 Å². The number of carbonyl (C=O) groups excluding carboxylic acids is 1. The molecule has 0 unspecified atom stereocenters. The highest BCUT2D eigenvalue weighted by Gasteiger charge is 2.31. The molecule has 2 N–H and O–H groups in total. The Bertz CT molecular complexity index is 1220. The third-order valence-corrected chi connectivity index (χ3v) is 6.63. The number of carbonyl (C=O) groups is 1. The Morgan fingerprint density at radius 3 is 2.59 bits per heavy atom. The molecule has 198 valence electrons. The van der Waals surface area contributed by atoms with E-state index in [0.29, 0.717) is 46.9 Å². The number of ether oxygens (including phenoxy) is 1. The van der Waals surface area contributed by atoms with Crippen molar-refractivity contribution in [1.29, 1.82) is 0 Å². The van der Waals surface area contributed by atoms with Crippen LogP contribution >= 0.6 is 11.6 Å². The van der Waals surface area contributed by atoms with Gasteiger partial charge in [0.05, 0.1) is 22.5 Å². The number of hydrogen-bond donors (Lipinski definition) is 2. The van der Waals surface area contributed by atoms with E-state index in [-0.39, 0.29) is 5.56 Å². The zero-order chi connectivity index (χ0) is 26.6. The summed E-state index contributed by atoms with van der Waals surface area (Å²) in [5, 5.41) is 10.8. The van der Waals surface area contributed by atoms with Crippen molar-refractivity contribution in [3.8, 4) is 17.0 Å². The summed E-state index contributed by atoms with van der Waals surface area (Å²) in [7, 11) is 3.86. The van der Waals surface area contributed by atoms with Crippen LogP contribution in [0.25, 0.3) is 11.3 Å². The van der Waals surface area contributed by atoms with Crippen LogP contribution < -0.4 is 15.4 Å². The van der Waals surface area contributed by atoms with Gasteiger partial charge >= 0.3 is 6.18 Å². The molecule has 37 heavy (non-hydrogen) atoms. The van der Waals surface area contributed by atoms with Crippen molar-refractivity contribution >= 4 is 23.2 Å². The fourth-order valence-electron chi connectivity index (χ4n) is 4.31. The van der Waals surface area contributed by atoms with Gasteiger partial charge in [0.25, 0.3) is 5.91 Å². The van der Waals surface area contributed by atoms with Crippen LogP contribution in [0, 0.1) is 0 Å². The molecular weight excluding hydrogens is 507 g/mol. The summed E-state index contributed by atoms with van der Waals surface area (Å²) in [5.74, 6) is -0.114. The molecule has 1 aliphatic heterocycles. The zero-order valence-corrected chi connectivity index (χ0v) is 21.4. The number of aryl methyl sites for hydroxylation is 1. The summed E-state index contributed by atoms with van der Waals surface area (Å²) in [4.78, 5) is 15.0. The Morgan fingerprint density at radius 1 is 1.16 bits per heavy atom. The standard InChI is InChI=1S/C26H29ClF3N5O2/c1-34-11-8-19(9-12-34)31-10-13-37-23-7-6-20(15-21(23)24-22(27)16-32-35(24)2)33-25(36)17-4-3-5-18(14-17)26(28,29)30/h3-7,14-16,19,31H,8-13H2,1-2H3,(H,33,36). The quantitative estimate of drug-likeness (QED) is 0.394. The van der Waals surface area contributed by atoms with Gasteiger partial charge in [-0.15, -0.1) is 0 Å². The summed E-state index contributed by atoms with van der Waals surface area (Å²) >= 11 is 6.39. The van der Waals surface area contributed by atoms with E-state index in [2.05, 4.69) is 27.7 Å². The lowest BCUT2D eigenvalue weighted by Gasteiger charge is -2.29. The Balaban J connectivity index is 1.49. The van der Waals surface area contributed by atoms with Crippen LogP contribution in [-0.4, -0.2) is 59.9 Å². The van der Waals surface area contributed by atoms with Crippen molar-refractivity contribution in [1.82, 2.24) is 20.0 Å². The molecule has 1 aromatic heterocycles. The smallest absolute Gasteiger partial charge is 0.416 e. The molecular formula is C26H29ClF3N5O2. The Hall–Kier alpha value is -3.08. The minimum absolute atomic E-state index is 0.102. The maximum absolute atomic E-state index is 13.1. The lowest BCUT2D eigenvalue weighted by molar-refractivity contribution is -0.137. The molecule has 0 bridgehead atoms. The maximum Gasteiger partial charge on any atom is 0.416 e. The number of nitrogens with one attached hydrogen (secondary N) is 2. The average Bonchev–Trinajstić information content (AvgIpc) is 3.20. The first-order valence-electron chi connectivity index (χ1n) is 12.0. The van der Waals surface area contributed by atoms with E-state index >= 15 is 0 Å². The number of aromatic nitrogens is 2. The second-order valence-corrected chi connectivity index (χ2v) is 9.50. The molecule has 11 heteroatoms. The lowest BCUT2D eigenvalue weighted by atomic mass is 10.1. The van der Waals surface area contributed by atoms with Crippen molar-refractivity contribution in [2.75, 3.05) is 38.6 Å². The van der Waals surface area contributed by atoms with Crippen molar-refractivity contribution < 1.29 is 22.7 Å². The molecule has 1 saturated heterocycles. The Labute approximate surface area is 218 Å². The number of amides is 1. The number of benzene rings is 2. The second-order valence-electron chi connectivity index (χ2n) is 9.09. The van der Waals surface area contributed by atoms with Gasteiger partial charge in [0.1, 0.15) is 12.4 Å². The van der Waals surface area contributed by atoms with Crippen LogP contribution in [0.4, 0.5) is 18.9 Å². The number of likely N-dealkylation sites (tertiary alicyclic amines) is 1. The number of piperidine rings is 1. The van der Waals surface area contributed by atoms with Gasteiger partial charge in [-0.25, -0.2) is 0 Å². The molecule has 0 radical (unpaired) electrons. The average molecular weight is 536 g/mol. The molecule has 4 rings (SSSR count). The summed E-state index contributed by atoms with van der Waals surface area (Å²) in [6.07, 6.45) is -0.851. The third-order valence-electron chi connectivity index (χ3n) is 6.35. The molecule has 1 amide bonds. The molecule has 0 saturated carbocycles. The fourth-order valence-corrected chi connectivity index (χ4v) is 4.58. The number of rotatable bonds is 8. The number of alkyl halides is 3. The van der Waals surface area contributed by atoms with E-state index in [1.165, 1.54) is 18.3 Å². The highest BCUT2D eigenvalue weighted by atomic mass is 35.5. The first kappa shape index (κ1) is 27.0. The van der Waals surface area contributed by atoms with Gasteiger partial charge in [-0.1, -0.05) is 17.7 Å². The molecule has 2 aromatic carbocycles. The second kappa shape index (κ2) is 11.5. The first-order chi connectivity index (χ1) is 17.6. The highest BCUT2D eigenvalue weighted by molar-refractivity contribution is 6.33. The van der Waals surface area contributed by atoms with E-state index in [4.69, 9.17) is 16.3 Å². The van der Waals surface area contributed by atoms with Gasteiger partial charge in [0.15, 0.2) is 0 Å². The van der Waals surface area contributed by atoms with Crippen LogP contribution in [0.5, 0.6) is 5.75 Å². The normalized spacial score (nSPS) is 15.1. The van der Waals surface area contributed by atoms with E-state index < -0.39 is 17.6 Å². The number of nitrogens with zero attached hydrogens (tertiary/aromatic N) is 3. The maximum atomic E-state index is 13.1. The van der Waals surface area contributed by atoms with Crippen molar-refractivity contribution in [3.05, 3.63) is 64.8 Å². The molecule has 2 heterocycles. The molecule has 1 aliphatic rings. The zero-order valence-electron chi connectivity index (χ0n) is 20.6. The monoisotopic (exact) mass is 535 g/mol. The van der Waals surface area contributed by atoms with Crippen LogP contribution in [0.1, 0.15) is 28.8 Å².